The van der Waals surface area contributed by atoms with Crippen molar-refractivity contribution in [1.82, 2.24) is 14.5 Å². The first-order valence-corrected chi connectivity index (χ1v) is 11.9. The fourth-order valence-corrected chi connectivity index (χ4v) is 4.37. The quantitative estimate of drug-likeness (QED) is 0.243. The summed E-state index contributed by atoms with van der Waals surface area (Å²) in [5.74, 6) is -0.878. The smallest absolute Gasteiger partial charge is 0.339 e. The van der Waals surface area contributed by atoms with Crippen LogP contribution in [0.5, 0.6) is 11.5 Å². The van der Waals surface area contributed by atoms with Crippen LogP contribution >= 0.6 is 0 Å². The van der Waals surface area contributed by atoms with Crippen LogP contribution in [0.15, 0.2) is 73.1 Å². The maximum absolute atomic E-state index is 14.6. The average molecular weight is 515 g/mol. The van der Waals surface area contributed by atoms with Crippen LogP contribution in [0, 0.1) is 25.5 Å². The van der Waals surface area contributed by atoms with Gasteiger partial charge >= 0.3 is 5.97 Å². The van der Waals surface area contributed by atoms with Crippen molar-refractivity contribution in [2.45, 2.75) is 20.4 Å². The number of ether oxygens (including phenoxy) is 1. The van der Waals surface area contributed by atoms with Gasteiger partial charge in [-0.2, -0.15) is 0 Å². The third kappa shape index (κ3) is 5.04. The second-order valence-electron chi connectivity index (χ2n) is 8.85. The normalized spacial score (nSPS) is 11.1. The standard InChI is InChI=1S/C29H24F2N4O3/c1-17-3-10-24(31)28-23(17)13-18(2)35(28)12-11-32-27-15-25(33-16-34-27)19-4-9-22(29(36)37)26(14-19)38-21-7-5-20(30)6-8-21/h3-10,13-16H,11-12H2,1-2H3,(H,36,37)(H,32,33,34). The Morgan fingerprint density at radius 1 is 1.00 bits per heavy atom. The van der Waals surface area contributed by atoms with Crippen LogP contribution in [0.2, 0.25) is 0 Å². The fourth-order valence-electron chi connectivity index (χ4n) is 4.37. The molecule has 0 fully saturated rings. The summed E-state index contributed by atoms with van der Waals surface area (Å²) in [4.78, 5) is 20.3. The second kappa shape index (κ2) is 10.3. The van der Waals surface area contributed by atoms with Crippen LogP contribution in [0.1, 0.15) is 21.6 Å². The van der Waals surface area contributed by atoms with Crippen LogP contribution in [0.3, 0.4) is 0 Å². The lowest BCUT2D eigenvalue weighted by molar-refractivity contribution is 0.0694. The highest BCUT2D eigenvalue weighted by Gasteiger charge is 2.15. The molecule has 0 atom stereocenters. The summed E-state index contributed by atoms with van der Waals surface area (Å²) in [7, 11) is 0. The van der Waals surface area contributed by atoms with Crippen LogP contribution in [0.25, 0.3) is 22.2 Å². The highest BCUT2D eigenvalue weighted by molar-refractivity contribution is 5.92. The molecule has 0 radical (unpaired) electrons. The van der Waals surface area contributed by atoms with E-state index < -0.39 is 11.8 Å². The summed E-state index contributed by atoms with van der Waals surface area (Å²) >= 11 is 0. The minimum atomic E-state index is -1.15. The van der Waals surface area contributed by atoms with Gasteiger partial charge in [0, 0.05) is 35.8 Å². The van der Waals surface area contributed by atoms with E-state index in [1.165, 1.54) is 42.7 Å². The Bertz CT molecular complexity index is 1650. The lowest BCUT2D eigenvalue weighted by Crippen LogP contribution is -2.13. The number of hydrogen-bond donors (Lipinski definition) is 2. The number of aromatic carboxylic acids is 1. The first-order chi connectivity index (χ1) is 18.3. The summed E-state index contributed by atoms with van der Waals surface area (Å²) < 4.78 is 35.5. The number of nitrogens with zero attached hydrogens (tertiary/aromatic N) is 3. The van der Waals surface area contributed by atoms with E-state index in [9.17, 15) is 18.7 Å². The van der Waals surface area contributed by atoms with Gasteiger partial charge in [0.1, 0.15) is 40.8 Å². The van der Waals surface area contributed by atoms with Gasteiger partial charge in [-0.25, -0.2) is 23.5 Å². The molecule has 9 heteroatoms. The van der Waals surface area contributed by atoms with E-state index in [4.69, 9.17) is 4.74 Å². The Hall–Kier alpha value is -4.79. The second-order valence-corrected chi connectivity index (χ2v) is 8.85. The summed E-state index contributed by atoms with van der Waals surface area (Å²) in [5, 5.41) is 13.7. The third-order valence-corrected chi connectivity index (χ3v) is 6.29. The van der Waals surface area contributed by atoms with E-state index in [1.807, 2.05) is 24.5 Å². The van der Waals surface area contributed by atoms with Gasteiger partial charge in [-0.1, -0.05) is 12.1 Å². The molecular formula is C29H24F2N4O3. The van der Waals surface area contributed by atoms with Crippen molar-refractivity contribution in [3.63, 3.8) is 0 Å². The molecule has 0 aliphatic heterocycles. The number of aromatic nitrogens is 3. The molecule has 0 saturated carbocycles. The number of anilines is 1. The maximum Gasteiger partial charge on any atom is 0.339 e. The zero-order chi connectivity index (χ0) is 26.8. The highest BCUT2D eigenvalue weighted by atomic mass is 19.1. The monoisotopic (exact) mass is 514 g/mol. The predicted octanol–water partition coefficient (Wildman–Crippen LogP) is 6.60. The number of benzene rings is 3. The summed E-state index contributed by atoms with van der Waals surface area (Å²) in [6.07, 6.45) is 1.41. The SMILES string of the molecule is Cc1ccc(F)c2c1cc(C)n2CCNc1cc(-c2ccc(C(=O)O)c(Oc3ccc(F)cc3)c2)ncn1. The van der Waals surface area contributed by atoms with Crippen molar-refractivity contribution in [3.8, 4) is 22.8 Å². The molecule has 0 aliphatic rings. The van der Waals surface area contributed by atoms with E-state index >= 15 is 0 Å². The average Bonchev–Trinajstić information content (AvgIpc) is 3.25. The molecule has 5 rings (SSSR count). The van der Waals surface area contributed by atoms with Crippen molar-refractivity contribution in [2.24, 2.45) is 0 Å². The first-order valence-electron chi connectivity index (χ1n) is 11.9. The number of carbonyl (C=O) groups is 1. The maximum atomic E-state index is 14.6. The number of rotatable bonds is 8. The third-order valence-electron chi connectivity index (χ3n) is 6.29. The number of nitrogens with one attached hydrogen (secondary N) is 1. The van der Waals surface area contributed by atoms with Gasteiger partial charge in [-0.3, -0.25) is 0 Å². The largest absolute Gasteiger partial charge is 0.478 e. The van der Waals surface area contributed by atoms with Crippen LogP contribution in [-0.4, -0.2) is 32.2 Å². The van der Waals surface area contributed by atoms with Gasteiger partial charge in [-0.05, 0) is 67.9 Å². The van der Waals surface area contributed by atoms with Crippen LogP contribution in [-0.2, 0) is 6.54 Å². The minimum absolute atomic E-state index is 0.0396. The molecule has 2 heterocycles. The fraction of sp³-hybridized carbons (Fsp3) is 0.138. The van der Waals surface area contributed by atoms with E-state index in [0.29, 0.717) is 41.4 Å². The number of carboxylic acid groups (broad SMARTS) is 1. The molecule has 2 N–H and O–H groups in total. The number of aryl methyl sites for hydroxylation is 2. The lowest BCUT2D eigenvalue weighted by Gasteiger charge is -2.13. The zero-order valence-corrected chi connectivity index (χ0v) is 20.7. The Morgan fingerprint density at radius 2 is 1.79 bits per heavy atom. The van der Waals surface area contributed by atoms with Crippen molar-refractivity contribution in [2.75, 3.05) is 11.9 Å². The van der Waals surface area contributed by atoms with Gasteiger partial charge in [0.15, 0.2) is 0 Å². The lowest BCUT2D eigenvalue weighted by atomic mass is 10.1. The van der Waals surface area contributed by atoms with Crippen LogP contribution in [0.4, 0.5) is 14.6 Å². The molecule has 2 aromatic heterocycles. The molecule has 0 spiro atoms. The van der Waals surface area contributed by atoms with Gasteiger partial charge in [0.2, 0.25) is 0 Å². The first kappa shape index (κ1) is 24.9. The van der Waals surface area contributed by atoms with Gasteiger partial charge < -0.3 is 19.7 Å². The number of carboxylic acids is 1. The summed E-state index contributed by atoms with van der Waals surface area (Å²) in [5.41, 5.74) is 3.69. The summed E-state index contributed by atoms with van der Waals surface area (Å²) in [6, 6.07) is 16.9. The molecule has 0 bridgehead atoms. The topological polar surface area (TPSA) is 89.3 Å². The Balaban J connectivity index is 1.36. The van der Waals surface area contributed by atoms with Crippen molar-refractivity contribution >= 4 is 22.7 Å². The number of hydrogen-bond acceptors (Lipinski definition) is 5. The Kier molecular flexibility index (Phi) is 6.74. The molecule has 192 valence electrons. The van der Waals surface area contributed by atoms with Gasteiger partial charge in [-0.15, -0.1) is 0 Å². The Labute approximate surface area is 217 Å². The highest BCUT2D eigenvalue weighted by Crippen LogP contribution is 2.31. The zero-order valence-electron chi connectivity index (χ0n) is 20.7. The number of fused-ring (bicyclic) bond motifs is 1. The molecule has 38 heavy (non-hydrogen) atoms. The summed E-state index contributed by atoms with van der Waals surface area (Å²) in [6.45, 7) is 4.93. The van der Waals surface area contributed by atoms with E-state index in [2.05, 4.69) is 15.3 Å². The van der Waals surface area contributed by atoms with E-state index in [0.717, 1.165) is 16.6 Å². The van der Waals surface area contributed by atoms with Gasteiger partial charge in [0.05, 0.1) is 11.2 Å². The van der Waals surface area contributed by atoms with Crippen molar-refractivity contribution < 1.29 is 23.4 Å². The molecule has 0 amide bonds. The molecular weight excluding hydrogens is 490 g/mol. The van der Waals surface area contributed by atoms with Gasteiger partial charge in [0.25, 0.3) is 0 Å². The van der Waals surface area contributed by atoms with Crippen molar-refractivity contribution in [3.05, 3.63) is 102 Å². The number of halogens is 2. The Morgan fingerprint density at radius 3 is 2.55 bits per heavy atom. The predicted molar refractivity (Wildman–Crippen MR) is 141 cm³/mol. The molecule has 5 aromatic rings. The minimum Gasteiger partial charge on any atom is -0.478 e. The van der Waals surface area contributed by atoms with E-state index in [1.54, 1.807) is 24.3 Å². The molecule has 7 nitrogen and oxygen atoms in total. The molecule has 0 aliphatic carbocycles. The van der Waals surface area contributed by atoms with E-state index in [-0.39, 0.29) is 17.1 Å². The molecule has 3 aromatic carbocycles. The molecule has 0 saturated heterocycles. The van der Waals surface area contributed by atoms with Crippen LogP contribution < -0.4 is 10.1 Å². The van der Waals surface area contributed by atoms with Crippen molar-refractivity contribution in [1.29, 1.82) is 0 Å². The molecule has 0 unspecified atom stereocenters.